The van der Waals surface area contributed by atoms with E-state index in [-0.39, 0.29) is 29.9 Å². The van der Waals surface area contributed by atoms with Gasteiger partial charge in [0, 0.05) is 29.6 Å². The van der Waals surface area contributed by atoms with Gasteiger partial charge >= 0.3 is 5.69 Å². The molecule has 0 spiro atoms. The number of furan rings is 1. The Hall–Kier alpha value is -3.49. The number of rotatable bonds is 8. The summed E-state index contributed by atoms with van der Waals surface area (Å²) in [6.45, 7) is 2.39. The van der Waals surface area contributed by atoms with E-state index in [1.807, 2.05) is 19.1 Å². The van der Waals surface area contributed by atoms with Gasteiger partial charge in [0.05, 0.1) is 19.8 Å². The fourth-order valence-corrected chi connectivity index (χ4v) is 4.60. The highest BCUT2D eigenvalue weighted by Gasteiger charge is 2.33. The van der Waals surface area contributed by atoms with Gasteiger partial charge in [0.25, 0.3) is 5.56 Å². The number of nitrogens with zero attached hydrogens (tertiary/aromatic N) is 2. The number of carbonyl (C=O) groups is 1. The third-order valence-electron chi connectivity index (χ3n) is 6.35. The number of carbonyl (C=O) groups excluding carboxylic acids is 1. The van der Waals surface area contributed by atoms with Crippen molar-refractivity contribution in [2.24, 2.45) is 0 Å². The number of methoxy groups -OCH3 is 1. The van der Waals surface area contributed by atoms with E-state index < -0.39 is 11.2 Å². The second-order valence-electron chi connectivity index (χ2n) is 8.50. The molecule has 1 aromatic carbocycles. The number of unbranched alkanes of at least 4 members (excludes halogenated alkanes) is 1. The Morgan fingerprint density at radius 2 is 2.06 bits per heavy atom. The van der Waals surface area contributed by atoms with E-state index in [4.69, 9.17) is 14.9 Å². The fourth-order valence-electron chi connectivity index (χ4n) is 4.60. The van der Waals surface area contributed by atoms with Crippen molar-refractivity contribution < 1.29 is 13.9 Å². The molecule has 3 N–H and O–H groups in total. The number of nitrogens with one attached hydrogen (secondary N) is 1. The van der Waals surface area contributed by atoms with Gasteiger partial charge in [-0.05, 0) is 31.4 Å². The molecule has 1 fully saturated rings. The first kappa shape index (κ1) is 22.7. The largest absolute Gasteiger partial charge is 0.497 e. The van der Waals surface area contributed by atoms with Crippen molar-refractivity contribution in [3.63, 3.8) is 0 Å². The van der Waals surface area contributed by atoms with E-state index in [1.165, 1.54) is 9.47 Å². The number of H-pyrrole nitrogens is 1. The van der Waals surface area contributed by atoms with Crippen LogP contribution < -0.4 is 26.6 Å². The van der Waals surface area contributed by atoms with Crippen molar-refractivity contribution >= 4 is 28.4 Å². The molecule has 2 heterocycles. The lowest BCUT2D eigenvalue weighted by atomic mass is 10.1. The number of amides is 1. The van der Waals surface area contributed by atoms with Crippen molar-refractivity contribution in [2.45, 2.75) is 64.5 Å². The first-order chi connectivity index (χ1) is 15.9. The highest BCUT2D eigenvalue weighted by molar-refractivity contribution is 5.99. The number of anilines is 2. The molecule has 0 radical (unpaired) electrons. The molecule has 0 unspecified atom stereocenters. The molecular formula is C24H30N4O5. The maximum absolute atomic E-state index is 13.6. The van der Waals surface area contributed by atoms with Crippen LogP contribution in [0.25, 0.3) is 11.0 Å². The van der Waals surface area contributed by atoms with E-state index in [9.17, 15) is 14.4 Å². The molecule has 3 aromatic rings. The number of aromatic nitrogens is 2. The molecule has 0 bridgehead atoms. The van der Waals surface area contributed by atoms with Gasteiger partial charge in [-0.3, -0.25) is 19.1 Å². The topological polar surface area (TPSA) is 124 Å². The van der Waals surface area contributed by atoms with Crippen LogP contribution in [-0.2, 0) is 17.8 Å². The van der Waals surface area contributed by atoms with Gasteiger partial charge in [-0.1, -0.05) is 26.2 Å². The SMILES string of the molecule is CCCCn1c(N)c(N(C(=O)Cc2coc3cc(OC)ccc23)C2CCCC2)c(=O)[nH]c1=O. The molecule has 0 saturated heterocycles. The van der Waals surface area contributed by atoms with Crippen LogP contribution in [0.1, 0.15) is 51.0 Å². The zero-order valence-corrected chi connectivity index (χ0v) is 19.1. The number of aromatic amines is 1. The number of hydrogen-bond acceptors (Lipinski definition) is 6. The Balaban J connectivity index is 1.74. The smallest absolute Gasteiger partial charge is 0.330 e. The maximum atomic E-state index is 13.6. The summed E-state index contributed by atoms with van der Waals surface area (Å²) in [4.78, 5) is 42.8. The van der Waals surface area contributed by atoms with E-state index in [2.05, 4.69) is 4.98 Å². The molecule has 1 aliphatic carbocycles. The predicted molar refractivity (Wildman–Crippen MR) is 127 cm³/mol. The van der Waals surface area contributed by atoms with E-state index >= 15 is 0 Å². The lowest BCUT2D eigenvalue weighted by Gasteiger charge is -2.30. The van der Waals surface area contributed by atoms with Crippen LogP contribution in [0.3, 0.4) is 0 Å². The summed E-state index contributed by atoms with van der Waals surface area (Å²) in [6, 6.07) is 5.29. The van der Waals surface area contributed by atoms with Crippen molar-refractivity contribution in [2.75, 3.05) is 17.7 Å². The Labute approximate surface area is 191 Å². The number of nitrogens with two attached hydrogens (primary N) is 1. The van der Waals surface area contributed by atoms with Crippen LogP contribution >= 0.6 is 0 Å². The van der Waals surface area contributed by atoms with Gasteiger partial charge in [0.2, 0.25) is 5.91 Å². The molecule has 176 valence electrons. The molecule has 0 atom stereocenters. The zero-order chi connectivity index (χ0) is 23.5. The monoisotopic (exact) mass is 454 g/mol. The van der Waals surface area contributed by atoms with Crippen LogP contribution in [-0.4, -0.2) is 28.6 Å². The highest BCUT2D eigenvalue weighted by Crippen LogP contribution is 2.31. The van der Waals surface area contributed by atoms with Gasteiger partial charge in [-0.15, -0.1) is 0 Å². The summed E-state index contributed by atoms with van der Waals surface area (Å²) >= 11 is 0. The van der Waals surface area contributed by atoms with Crippen molar-refractivity contribution in [3.05, 3.63) is 50.9 Å². The molecule has 1 amide bonds. The number of ether oxygens (including phenoxy) is 1. The lowest BCUT2D eigenvalue weighted by Crippen LogP contribution is -2.46. The molecule has 1 aliphatic rings. The van der Waals surface area contributed by atoms with E-state index in [0.717, 1.165) is 49.5 Å². The van der Waals surface area contributed by atoms with E-state index in [0.29, 0.717) is 17.9 Å². The van der Waals surface area contributed by atoms with Gasteiger partial charge in [0.1, 0.15) is 17.2 Å². The minimum atomic E-state index is -0.632. The van der Waals surface area contributed by atoms with Crippen molar-refractivity contribution in [1.29, 1.82) is 0 Å². The summed E-state index contributed by atoms with van der Waals surface area (Å²) in [6.07, 6.45) is 6.70. The number of nitrogen functional groups attached to an aromatic ring is 1. The average molecular weight is 455 g/mol. The molecular weight excluding hydrogens is 424 g/mol. The molecule has 33 heavy (non-hydrogen) atoms. The number of fused-ring (bicyclic) bond motifs is 1. The van der Waals surface area contributed by atoms with Crippen molar-refractivity contribution in [3.8, 4) is 5.75 Å². The summed E-state index contributed by atoms with van der Waals surface area (Å²) in [7, 11) is 1.58. The first-order valence-electron chi connectivity index (χ1n) is 11.4. The zero-order valence-electron chi connectivity index (χ0n) is 19.1. The molecule has 9 heteroatoms. The minimum absolute atomic E-state index is 0.0410. The standard InChI is InChI=1S/C24H30N4O5/c1-3-4-11-27-22(25)21(23(30)26-24(27)31)28(16-7-5-6-8-16)20(29)12-15-14-33-19-13-17(32-2)9-10-18(15)19/h9-10,13-14,16H,3-8,11-12,25H2,1-2H3,(H,26,30,31). The fraction of sp³-hybridized carbons (Fsp3) is 0.458. The highest BCUT2D eigenvalue weighted by atomic mass is 16.5. The first-order valence-corrected chi connectivity index (χ1v) is 11.4. The molecule has 2 aromatic heterocycles. The summed E-state index contributed by atoms with van der Waals surface area (Å²) in [5.74, 6) is 0.452. The Bertz CT molecular complexity index is 1270. The third-order valence-corrected chi connectivity index (χ3v) is 6.35. The number of benzene rings is 1. The summed E-state index contributed by atoms with van der Waals surface area (Å²) in [5.41, 5.74) is 6.56. The quantitative estimate of drug-likeness (QED) is 0.539. The van der Waals surface area contributed by atoms with Crippen LogP contribution in [0.2, 0.25) is 0 Å². The van der Waals surface area contributed by atoms with Crippen molar-refractivity contribution in [1.82, 2.24) is 9.55 Å². The van der Waals surface area contributed by atoms with Crippen LogP contribution in [0.5, 0.6) is 5.75 Å². The second-order valence-corrected chi connectivity index (χ2v) is 8.50. The van der Waals surface area contributed by atoms with Crippen LogP contribution in [0.15, 0.2) is 38.5 Å². The minimum Gasteiger partial charge on any atom is -0.497 e. The van der Waals surface area contributed by atoms with Gasteiger partial charge in [-0.25, -0.2) is 4.79 Å². The van der Waals surface area contributed by atoms with Gasteiger partial charge in [-0.2, -0.15) is 0 Å². The van der Waals surface area contributed by atoms with Crippen LogP contribution in [0, 0.1) is 0 Å². The van der Waals surface area contributed by atoms with E-state index in [1.54, 1.807) is 19.4 Å². The molecule has 4 rings (SSSR count). The molecule has 0 aliphatic heterocycles. The Morgan fingerprint density at radius 1 is 1.30 bits per heavy atom. The lowest BCUT2D eigenvalue weighted by molar-refractivity contribution is -0.118. The third kappa shape index (κ3) is 4.40. The summed E-state index contributed by atoms with van der Waals surface area (Å²) < 4.78 is 12.2. The molecule has 9 nitrogen and oxygen atoms in total. The average Bonchev–Trinajstić information content (AvgIpc) is 3.46. The van der Waals surface area contributed by atoms with Crippen LogP contribution in [0.4, 0.5) is 11.5 Å². The van der Waals surface area contributed by atoms with Gasteiger partial charge < -0.3 is 19.8 Å². The second kappa shape index (κ2) is 9.56. The number of hydrogen-bond donors (Lipinski definition) is 2. The summed E-state index contributed by atoms with van der Waals surface area (Å²) in [5, 5.41) is 0.810. The Morgan fingerprint density at radius 3 is 2.76 bits per heavy atom. The van der Waals surface area contributed by atoms with Gasteiger partial charge in [0.15, 0.2) is 5.69 Å². The molecule has 1 saturated carbocycles. The maximum Gasteiger partial charge on any atom is 0.330 e. The Kier molecular flexibility index (Phi) is 6.57. The predicted octanol–water partition coefficient (Wildman–Crippen LogP) is 3.19. The normalized spacial score (nSPS) is 14.1.